The van der Waals surface area contributed by atoms with Crippen LogP contribution in [0.25, 0.3) is 0 Å². The van der Waals surface area contributed by atoms with Gasteiger partial charge in [-0.2, -0.15) is 0 Å². The molecule has 2 atom stereocenters. The molecule has 0 radical (unpaired) electrons. The Balaban J connectivity index is 2.40. The third-order valence-corrected chi connectivity index (χ3v) is 3.58. The van der Waals surface area contributed by atoms with Crippen molar-refractivity contribution in [3.63, 3.8) is 0 Å². The standard InChI is InChI=1S/C10H11NO2S/c1-5-3-4-14-9(5)7-8(12)6(2)11-10(7)13/h3-4,6-7H,1-2H3,(H,11,13). The van der Waals surface area contributed by atoms with E-state index in [-0.39, 0.29) is 17.7 Å². The Kier molecular flexibility index (Phi) is 2.15. The van der Waals surface area contributed by atoms with E-state index in [4.69, 9.17) is 0 Å². The van der Waals surface area contributed by atoms with E-state index in [0.29, 0.717) is 0 Å². The molecule has 74 valence electrons. The number of nitrogens with one attached hydrogen (secondary N) is 1. The number of hydrogen-bond donors (Lipinski definition) is 1. The zero-order valence-corrected chi connectivity index (χ0v) is 8.85. The van der Waals surface area contributed by atoms with E-state index >= 15 is 0 Å². The first kappa shape index (κ1) is 9.40. The van der Waals surface area contributed by atoms with Gasteiger partial charge in [-0.1, -0.05) is 0 Å². The van der Waals surface area contributed by atoms with E-state index < -0.39 is 5.92 Å². The molecule has 2 rings (SSSR count). The minimum atomic E-state index is -0.565. The van der Waals surface area contributed by atoms with Crippen LogP contribution >= 0.6 is 11.3 Å². The topological polar surface area (TPSA) is 46.2 Å². The third-order valence-electron chi connectivity index (χ3n) is 2.50. The van der Waals surface area contributed by atoms with Gasteiger partial charge in [0.2, 0.25) is 5.91 Å². The molecule has 2 unspecified atom stereocenters. The normalized spacial score (nSPS) is 26.7. The van der Waals surface area contributed by atoms with Crippen molar-refractivity contribution in [2.75, 3.05) is 0 Å². The van der Waals surface area contributed by atoms with Crippen LogP contribution in [-0.4, -0.2) is 17.7 Å². The lowest BCUT2D eigenvalue weighted by Crippen LogP contribution is -2.25. The number of carbonyl (C=O) groups is 2. The van der Waals surface area contributed by atoms with Crippen molar-refractivity contribution >= 4 is 23.0 Å². The summed E-state index contributed by atoms with van der Waals surface area (Å²) in [6.07, 6.45) is 0. The number of thiophene rings is 1. The van der Waals surface area contributed by atoms with E-state index in [2.05, 4.69) is 5.32 Å². The van der Waals surface area contributed by atoms with Gasteiger partial charge >= 0.3 is 0 Å². The monoisotopic (exact) mass is 209 g/mol. The van der Waals surface area contributed by atoms with Crippen molar-refractivity contribution in [2.24, 2.45) is 0 Å². The zero-order valence-electron chi connectivity index (χ0n) is 8.03. The molecule has 2 heterocycles. The van der Waals surface area contributed by atoms with Crippen LogP contribution in [0.5, 0.6) is 0 Å². The van der Waals surface area contributed by atoms with Crippen LogP contribution in [0.3, 0.4) is 0 Å². The summed E-state index contributed by atoms with van der Waals surface area (Å²) in [5.74, 6) is -0.737. The first-order chi connectivity index (χ1) is 6.61. The fourth-order valence-corrected chi connectivity index (χ4v) is 2.71. The second kappa shape index (κ2) is 3.20. The van der Waals surface area contributed by atoms with Gasteiger partial charge in [0.25, 0.3) is 0 Å². The van der Waals surface area contributed by atoms with Gasteiger partial charge in [0.05, 0.1) is 6.04 Å². The molecular formula is C10H11NO2S. The molecule has 0 bridgehead atoms. The van der Waals surface area contributed by atoms with Gasteiger partial charge in [-0.3, -0.25) is 9.59 Å². The summed E-state index contributed by atoms with van der Waals surface area (Å²) < 4.78 is 0. The van der Waals surface area contributed by atoms with Crippen LogP contribution in [0.4, 0.5) is 0 Å². The molecule has 14 heavy (non-hydrogen) atoms. The van der Waals surface area contributed by atoms with Gasteiger partial charge in [0, 0.05) is 4.88 Å². The lowest BCUT2D eigenvalue weighted by molar-refractivity contribution is -0.124. The molecule has 1 N–H and O–H groups in total. The van der Waals surface area contributed by atoms with E-state index in [1.807, 2.05) is 18.4 Å². The highest BCUT2D eigenvalue weighted by Crippen LogP contribution is 2.30. The molecule has 1 amide bonds. The predicted molar refractivity (Wildman–Crippen MR) is 54.4 cm³/mol. The number of rotatable bonds is 1. The summed E-state index contributed by atoms with van der Waals surface area (Å²) in [5.41, 5.74) is 1.03. The largest absolute Gasteiger partial charge is 0.346 e. The SMILES string of the molecule is Cc1ccsc1C1C(=O)NC(C)C1=O. The zero-order chi connectivity index (χ0) is 10.3. The molecule has 1 aromatic heterocycles. The fraction of sp³-hybridized carbons (Fsp3) is 0.400. The van der Waals surface area contributed by atoms with Gasteiger partial charge in [0.1, 0.15) is 5.92 Å². The van der Waals surface area contributed by atoms with Crippen LogP contribution in [0.1, 0.15) is 23.3 Å². The Morgan fingerprint density at radius 2 is 2.14 bits per heavy atom. The Morgan fingerprint density at radius 1 is 1.43 bits per heavy atom. The van der Waals surface area contributed by atoms with E-state index in [0.717, 1.165) is 10.4 Å². The Morgan fingerprint density at radius 3 is 2.57 bits per heavy atom. The predicted octanol–water partition coefficient (Wildman–Crippen LogP) is 1.23. The first-order valence-electron chi connectivity index (χ1n) is 4.49. The minimum absolute atomic E-state index is 0.0134. The second-order valence-corrected chi connectivity index (χ2v) is 4.48. The lowest BCUT2D eigenvalue weighted by atomic mass is 10.00. The number of Topliss-reactive ketones (excluding diaryl/α,β-unsaturated/α-hetero) is 1. The van der Waals surface area contributed by atoms with Gasteiger partial charge in [0.15, 0.2) is 5.78 Å². The molecule has 3 nitrogen and oxygen atoms in total. The molecule has 1 fully saturated rings. The minimum Gasteiger partial charge on any atom is -0.346 e. The van der Waals surface area contributed by atoms with Gasteiger partial charge in [-0.05, 0) is 30.9 Å². The molecule has 0 saturated carbocycles. The van der Waals surface area contributed by atoms with Crippen molar-refractivity contribution in [3.8, 4) is 0 Å². The Labute approximate surface area is 86.1 Å². The maximum atomic E-state index is 11.7. The average molecular weight is 209 g/mol. The molecule has 4 heteroatoms. The summed E-state index contributed by atoms with van der Waals surface area (Å²) >= 11 is 1.47. The number of aryl methyl sites for hydroxylation is 1. The molecular weight excluding hydrogens is 198 g/mol. The molecule has 1 aromatic rings. The lowest BCUT2D eigenvalue weighted by Gasteiger charge is -2.03. The highest BCUT2D eigenvalue weighted by Gasteiger charge is 2.40. The van der Waals surface area contributed by atoms with Crippen LogP contribution in [-0.2, 0) is 9.59 Å². The van der Waals surface area contributed by atoms with Gasteiger partial charge in [-0.15, -0.1) is 11.3 Å². The number of amides is 1. The summed E-state index contributed by atoms with van der Waals surface area (Å²) in [5, 5.41) is 4.56. The van der Waals surface area contributed by atoms with Crippen molar-refractivity contribution in [2.45, 2.75) is 25.8 Å². The van der Waals surface area contributed by atoms with Gasteiger partial charge < -0.3 is 5.32 Å². The van der Waals surface area contributed by atoms with Crippen molar-refractivity contribution in [1.82, 2.24) is 5.32 Å². The first-order valence-corrected chi connectivity index (χ1v) is 5.37. The summed E-state index contributed by atoms with van der Waals surface area (Å²) in [6.45, 7) is 3.65. The molecule has 1 aliphatic rings. The summed E-state index contributed by atoms with van der Waals surface area (Å²) in [7, 11) is 0. The van der Waals surface area contributed by atoms with E-state index in [1.54, 1.807) is 6.92 Å². The summed E-state index contributed by atoms with van der Waals surface area (Å²) in [4.78, 5) is 24.1. The number of carbonyl (C=O) groups excluding carboxylic acids is 2. The van der Waals surface area contributed by atoms with Crippen LogP contribution in [0, 0.1) is 6.92 Å². The molecule has 0 spiro atoms. The van der Waals surface area contributed by atoms with E-state index in [9.17, 15) is 9.59 Å². The molecule has 1 saturated heterocycles. The number of hydrogen-bond acceptors (Lipinski definition) is 3. The fourth-order valence-electron chi connectivity index (χ4n) is 1.68. The van der Waals surface area contributed by atoms with Gasteiger partial charge in [-0.25, -0.2) is 0 Å². The van der Waals surface area contributed by atoms with Crippen molar-refractivity contribution in [1.29, 1.82) is 0 Å². The Bertz CT molecular complexity index is 397. The highest BCUT2D eigenvalue weighted by molar-refractivity contribution is 7.10. The van der Waals surface area contributed by atoms with Crippen LogP contribution < -0.4 is 5.32 Å². The van der Waals surface area contributed by atoms with Crippen LogP contribution in [0.15, 0.2) is 11.4 Å². The van der Waals surface area contributed by atoms with Crippen molar-refractivity contribution in [3.05, 3.63) is 21.9 Å². The van der Waals surface area contributed by atoms with Crippen molar-refractivity contribution < 1.29 is 9.59 Å². The smallest absolute Gasteiger partial charge is 0.236 e. The van der Waals surface area contributed by atoms with Crippen LogP contribution in [0.2, 0.25) is 0 Å². The average Bonchev–Trinajstić information content (AvgIpc) is 2.60. The Hall–Kier alpha value is -1.16. The maximum Gasteiger partial charge on any atom is 0.236 e. The maximum absolute atomic E-state index is 11.7. The summed E-state index contributed by atoms with van der Waals surface area (Å²) in [6, 6.07) is 1.60. The molecule has 0 aliphatic carbocycles. The molecule has 0 aromatic carbocycles. The third kappa shape index (κ3) is 1.26. The number of ketones is 1. The van der Waals surface area contributed by atoms with E-state index in [1.165, 1.54) is 11.3 Å². The quantitative estimate of drug-likeness (QED) is 0.707. The second-order valence-electron chi connectivity index (χ2n) is 3.53. The highest BCUT2D eigenvalue weighted by atomic mass is 32.1. The molecule has 1 aliphatic heterocycles.